The van der Waals surface area contributed by atoms with Gasteiger partial charge in [0.2, 0.25) is 0 Å². The summed E-state index contributed by atoms with van der Waals surface area (Å²) in [5, 5.41) is 12.4. The van der Waals surface area contributed by atoms with Crippen molar-refractivity contribution in [3.63, 3.8) is 0 Å². The summed E-state index contributed by atoms with van der Waals surface area (Å²) >= 11 is 0. The van der Waals surface area contributed by atoms with Crippen LogP contribution in [0.1, 0.15) is 24.8 Å². The minimum absolute atomic E-state index is 0.148. The fraction of sp³-hybridized carbons (Fsp3) is 0.438. The van der Waals surface area contributed by atoms with Gasteiger partial charge in [-0.3, -0.25) is 4.79 Å². The minimum Gasteiger partial charge on any atom is -0.481 e. The highest BCUT2D eigenvalue weighted by Crippen LogP contribution is 2.31. The molecule has 1 aromatic carbocycles. The average molecular weight is 259 g/mol. The molecule has 1 saturated carbocycles. The van der Waals surface area contributed by atoms with Crippen molar-refractivity contribution >= 4 is 12.0 Å². The van der Waals surface area contributed by atoms with Gasteiger partial charge in [0.1, 0.15) is 0 Å². The molecule has 1 aliphatic carbocycles. The predicted molar refractivity (Wildman–Crippen MR) is 76.8 cm³/mol. The zero-order valence-electron chi connectivity index (χ0n) is 11.1. The van der Waals surface area contributed by atoms with Crippen molar-refractivity contribution in [1.29, 1.82) is 0 Å². The highest BCUT2D eigenvalue weighted by molar-refractivity contribution is 5.70. The highest BCUT2D eigenvalue weighted by Gasteiger charge is 2.32. The topological polar surface area (TPSA) is 49.3 Å². The molecule has 0 aliphatic heterocycles. The molecule has 0 bridgehead atoms. The zero-order chi connectivity index (χ0) is 13.5. The molecule has 0 amide bonds. The van der Waals surface area contributed by atoms with Crippen LogP contribution >= 0.6 is 0 Å². The molecular formula is C16H21NO2. The van der Waals surface area contributed by atoms with Crippen molar-refractivity contribution in [2.45, 2.75) is 19.3 Å². The summed E-state index contributed by atoms with van der Waals surface area (Å²) < 4.78 is 0. The van der Waals surface area contributed by atoms with Crippen molar-refractivity contribution in [3.8, 4) is 0 Å². The van der Waals surface area contributed by atoms with Crippen LogP contribution in [-0.2, 0) is 4.79 Å². The van der Waals surface area contributed by atoms with Crippen LogP contribution in [0, 0.1) is 11.8 Å². The summed E-state index contributed by atoms with van der Waals surface area (Å²) in [6.45, 7) is 1.59. The number of carboxylic acid groups (broad SMARTS) is 1. The molecule has 2 atom stereocenters. The van der Waals surface area contributed by atoms with Gasteiger partial charge in [0.25, 0.3) is 0 Å². The first-order chi connectivity index (χ1) is 9.27. The van der Waals surface area contributed by atoms with E-state index in [1.54, 1.807) is 0 Å². The van der Waals surface area contributed by atoms with E-state index in [-0.39, 0.29) is 5.92 Å². The molecule has 2 rings (SSSR count). The summed E-state index contributed by atoms with van der Waals surface area (Å²) in [6, 6.07) is 10.2. The number of hydrogen-bond donors (Lipinski definition) is 2. The van der Waals surface area contributed by atoms with Crippen LogP contribution in [0.15, 0.2) is 36.4 Å². The number of nitrogens with one attached hydrogen (secondary N) is 1. The van der Waals surface area contributed by atoms with Gasteiger partial charge in [-0.05, 0) is 30.9 Å². The summed E-state index contributed by atoms with van der Waals surface area (Å²) in [6.07, 6.45) is 7.08. The Labute approximate surface area is 114 Å². The van der Waals surface area contributed by atoms with Gasteiger partial charge in [-0.15, -0.1) is 0 Å². The second-order valence-corrected chi connectivity index (χ2v) is 5.11. The Morgan fingerprint density at radius 1 is 1.32 bits per heavy atom. The molecule has 3 nitrogen and oxygen atoms in total. The summed E-state index contributed by atoms with van der Waals surface area (Å²) in [5.41, 5.74) is 1.19. The maximum atomic E-state index is 11.0. The monoisotopic (exact) mass is 259 g/mol. The van der Waals surface area contributed by atoms with E-state index in [1.165, 1.54) is 5.56 Å². The second-order valence-electron chi connectivity index (χ2n) is 5.11. The first kappa shape index (κ1) is 13.8. The number of rotatable bonds is 6. The standard InChI is InChI=1S/C16H21NO2/c18-16(19)15-10-4-9-14(15)12-17-11-5-8-13-6-2-1-3-7-13/h1-3,5-8,14-15,17H,4,9-12H2,(H,18,19). The van der Waals surface area contributed by atoms with Gasteiger partial charge in [-0.2, -0.15) is 0 Å². The normalized spacial score (nSPS) is 22.9. The third-order valence-corrected chi connectivity index (χ3v) is 3.75. The molecule has 102 valence electrons. The van der Waals surface area contributed by atoms with Gasteiger partial charge in [0.15, 0.2) is 0 Å². The van der Waals surface area contributed by atoms with Crippen molar-refractivity contribution in [2.24, 2.45) is 11.8 Å². The average Bonchev–Trinajstić information content (AvgIpc) is 2.88. The molecule has 1 aromatic rings. The number of aliphatic carboxylic acids is 1. The molecule has 0 saturated heterocycles. The Hall–Kier alpha value is -1.61. The lowest BCUT2D eigenvalue weighted by Gasteiger charge is -2.15. The minimum atomic E-state index is -0.635. The van der Waals surface area contributed by atoms with Crippen molar-refractivity contribution in [2.75, 3.05) is 13.1 Å². The first-order valence-electron chi connectivity index (χ1n) is 6.92. The predicted octanol–water partition coefficient (Wildman–Crippen LogP) is 2.79. The van der Waals surface area contributed by atoms with Crippen LogP contribution in [-0.4, -0.2) is 24.2 Å². The van der Waals surface area contributed by atoms with Crippen LogP contribution in [0.2, 0.25) is 0 Å². The fourth-order valence-corrected chi connectivity index (χ4v) is 2.72. The van der Waals surface area contributed by atoms with Gasteiger partial charge >= 0.3 is 5.97 Å². The molecule has 3 heteroatoms. The van der Waals surface area contributed by atoms with Gasteiger partial charge < -0.3 is 10.4 Å². The Bertz CT molecular complexity index is 428. The van der Waals surface area contributed by atoms with Crippen molar-refractivity contribution < 1.29 is 9.90 Å². The smallest absolute Gasteiger partial charge is 0.306 e. The second kappa shape index (κ2) is 7.10. The summed E-state index contributed by atoms with van der Waals surface area (Å²) in [7, 11) is 0. The summed E-state index contributed by atoms with van der Waals surface area (Å²) in [5.74, 6) is -0.489. The number of hydrogen-bond acceptors (Lipinski definition) is 2. The molecule has 0 heterocycles. The van der Waals surface area contributed by atoms with E-state index in [1.807, 2.05) is 18.2 Å². The maximum Gasteiger partial charge on any atom is 0.306 e. The Morgan fingerprint density at radius 3 is 2.84 bits per heavy atom. The molecule has 2 N–H and O–H groups in total. The van der Waals surface area contributed by atoms with E-state index in [2.05, 4.69) is 29.6 Å². The van der Waals surface area contributed by atoms with Crippen molar-refractivity contribution in [1.82, 2.24) is 5.32 Å². The fourth-order valence-electron chi connectivity index (χ4n) is 2.72. The summed E-state index contributed by atoms with van der Waals surface area (Å²) in [4.78, 5) is 11.0. The molecular weight excluding hydrogens is 238 g/mol. The van der Waals surface area contributed by atoms with E-state index in [0.29, 0.717) is 5.92 Å². The third-order valence-electron chi connectivity index (χ3n) is 3.75. The van der Waals surface area contributed by atoms with E-state index in [4.69, 9.17) is 5.11 Å². The first-order valence-corrected chi connectivity index (χ1v) is 6.92. The van der Waals surface area contributed by atoms with Crippen molar-refractivity contribution in [3.05, 3.63) is 42.0 Å². The van der Waals surface area contributed by atoms with E-state index in [0.717, 1.165) is 32.4 Å². The highest BCUT2D eigenvalue weighted by atomic mass is 16.4. The van der Waals surface area contributed by atoms with Gasteiger partial charge in [-0.25, -0.2) is 0 Å². The largest absolute Gasteiger partial charge is 0.481 e. The quantitative estimate of drug-likeness (QED) is 0.772. The molecule has 1 fully saturated rings. The molecule has 0 radical (unpaired) electrons. The molecule has 0 aromatic heterocycles. The maximum absolute atomic E-state index is 11.0. The molecule has 0 spiro atoms. The van der Waals surface area contributed by atoms with E-state index >= 15 is 0 Å². The van der Waals surface area contributed by atoms with Crippen LogP contribution in [0.4, 0.5) is 0 Å². The van der Waals surface area contributed by atoms with Crippen LogP contribution in [0.25, 0.3) is 6.08 Å². The lowest BCUT2D eigenvalue weighted by atomic mass is 9.96. The van der Waals surface area contributed by atoms with Gasteiger partial charge in [0.05, 0.1) is 5.92 Å². The lowest BCUT2D eigenvalue weighted by molar-refractivity contribution is -0.142. The lowest BCUT2D eigenvalue weighted by Crippen LogP contribution is -2.29. The van der Waals surface area contributed by atoms with Gasteiger partial charge in [0, 0.05) is 6.54 Å². The third kappa shape index (κ3) is 4.21. The molecule has 19 heavy (non-hydrogen) atoms. The number of benzene rings is 1. The SMILES string of the molecule is O=C(O)C1CCCC1CNCC=Cc1ccccc1. The number of carbonyl (C=O) groups is 1. The Kier molecular flexibility index (Phi) is 5.16. The molecule has 1 aliphatic rings. The Morgan fingerprint density at radius 2 is 2.11 bits per heavy atom. The van der Waals surface area contributed by atoms with Gasteiger partial charge in [-0.1, -0.05) is 48.9 Å². The molecule has 2 unspecified atom stereocenters. The van der Waals surface area contributed by atoms with E-state index in [9.17, 15) is 4.79 Å². The van der Waals surface area contributed by atoms with Crippen LogP contribution in [0.5, 0.6) is 0 Å². The number of carboxylic acids is 1. The van der Waals surface area contributed by atoms with Crippen LogP contribution < -0.4 is 5.32 Å². The van der Waals surface area contributed by atoms with Crippen LogP contribution in [0.3, 0.4) is 0 Å². The zero-order valence-corrected chi connectivity index (χ0v) is 11.1. The van der Waals surface area contributed by atoms with E-state index < -0.39 is 5.97 Å². The Balaban J connectivity index is 1.69.